The molecule has 1 spiro atoms. The normalized spacial score (nSPS) is 27.3. The van der Waals surface area contributed by atoms with E-state index in [2.05, 4.69) is 44.2 Å². The molecular formula is C23H27ClO3. The van der Waals surface area contributed by atoms with Gasteiger partial charge in [0.25, 0.3) is 0 Å². The van der Waals surface area contributed by atoms with E-state index in [1.807, 2.05) is 13.0 Å². The number of ether oxygens (including phenoxy) is 2. The van der Waals surface area contributed by atoms with Gasteiger partial charge in [0, 0.05) is 17.0 Å². The van der Waals surface area contributed by atoms with Crippen LogP contribution in [0.25, 0.3) is 0 Å². The number of rotatable bonds is 3. The molecule has 0 amide bonds. The van der Waals surface area contributed by atoms with E-state index in [4.69, 9.17) is 21.1 Å². The number of fused-ring (bicyclic) bond motifs is 2. The van der Waals surface area contributed by atoms with Crippen molar-refractivity contribution >= 4 is 11.6 Å². The SMILES string of the molecule is CC1CC(O)C[C@@]2(OCc3cc(Cl)c(Cc4ccc(C(C)C)cc4)cc32)O1. The molecular weight excluding hydrogens is 360 g/mol. The first-order valence-electron chi connectivity index (χ1n) is 9.77. The van der Waals surface area contributed by atoms with Crippen LogP contribution in [0.3, 0.4) is 0 Å². The molecule has 1 saturated heterocycles. The Morgan fingerprint density at radius 1 is 1.22 bits per heavy atom. The van der Waals surface area contributed by atoms with Gasteiger partial charge in [-0.25, -0.2) is 0 Å². The minimum Gasteiger partial charge on any atom is -0.393 e. The molecule has 144 valence electrons. The van der Waals surface area contributed by atoms with E-state index in [-0.39, 0.29) is 6.10 Å². The third-order valence-corrected chi connectivity index (χ3v) is 6.04. The van der Waals surface area contributed by atoms with Crippen molar-refractivity contribution in [3.63, 3.8) is 0 Å². The van der Waals surface area contributed by atoms with Crippen molar-refractivity contribution in [2.24, 2.45) is 0 Å². The summed E-state index contributed by atoms with van der Waals surface area (Å²) in [6.45, 7) is 6.85. The third kappa shape index (κ3) is 3.66. The van der Waals surface area contributed by atoms with Crippen LogP contribution in [0.5, 0.6) is 0 Å². The Bertz CT molecular complexity index is 818. The molecule has 2 aliphatic rings. The first-order chi connectivity index (χ1) is 12.9. The predicted molar refractivity (Wildman–Crippen MR) is 107 cm³/mol. The Balaban J connectivity index is 1.65. The molecule has 0 radical (unpaired) electrons. The molecule has 4 heteroatoms. The van der Waals surface area contributed by atoms with Gasteiger partial charge in [0.2, 0.25) is 0 Å². The molecule has 2 heterocycles. The van der Waals surface area contributed by atoms with Crippen LogP contribution in [0, 0.1) is 0 Å². The molecule has 3 nitrogen and oxygen atoms in total. The molecule has 2 aromatic rings. The van der Waals surface area contributed by atoms with Crippen molar-refractivity contribution in [3.8, 4) is 0 Å². The molecule has 2 aliphatic heterocycles. The number of aliphatic hydroxyl groups is 1. The largest absolute Gasteiger partial charge is 0.393 e. The summed E-state index contributed by atoms with van der Waals surface area (Å²) in [7, 11) is 0. The summed E-state index contributed by atoms with van der Waals surface area (Å²) in [5.41, 5.74) is 5.71. The van der Waals surface area contributed by atoms with Gasteiger partial charge in [-0.05, 0) is 60.1 Å². The lowest BCUT2D eigenvalue weighted by Crippen LogP contribution is -2.43. The first-order valence-corrected chi connectivity index (χ1v) is 10.1. The van der Waals surface area contributed by atoms with Gasteiger partial charge < -0.3 is 14.6 Å². The van der Waals surface area contributed by atoms with E-state index < -0.39 is 11.9 Å². The molecule has 2 aromatic carbocycles. The summed E-state index contributed by atoms with van der Waals surface area (Å²) in [6, 6.07) is 12.8. The summed E-state index contributed by atoms with van der Waals surface area (Å²) < 4.78 is 12.2. The minimum atomic E-state index is -0.840. The zero-order valence-electron chi connectivity index (χ0n) is 16.2. The Morgan fingerprint density at radius 2 is 1.96 bits per heavy atom. The van der Waals surface area contributed by atoms with Crippen molar-refractivity contribution in [3.05, 3.63) is 69.2 Å². The van der Waals surface area contributed by atoms with E-state index >= 15 is 0 Å². The maximum absolute atomic E-state index is 10.3. The number of benzene rings is 2. The lowest BCUT2D eigenvalue weighted by molar-refractivity contribution is -0.295. The quantitative estimate of drug-likeness (QED) is 0.778. The molecule has 0 aromatic heterocycles. The molecule has 1 N–H and O–H groups in total. The molecule has 0 saturated carbocycles. The summed E-state index contributed by atoms with van der Waals surface area (Å²) in [5, 5.41) is 11.0. The fourth-order valence-corrected chi connectivity index (χ4v) is 4.50. The van der Waals surface area contributed by atoms with Gasteiger partial charge >= 0.3 is 0 Å². The molecule has 0 aliphatic carbocycles. The van der Waals surface area contributed by atoms with Gasteiger partial charge in [0.15, 0.2) is 5.79 Å². The van der Waals surface area contributed by atoms with E-state index in [0.717, 1.165) is 28.1 Å². The molecule has 27 heavy (non-hydrogen) atoms. The average Bonchev–Trinajstić information content (AvgIpc) is 2.91. The molecule has 2 unspecified atom stereocenters. The molecule has 4 rings (SSSR count). The van der Waals surface area contributed by atoms with Crippen LogP contribution in [-0.4, -0.2) is 17.3 Å². The fourth-order valence-electron chi connectivity index (χ4n) is 4.25. The maximum Gasteiger partial charge on any atom is 0.198 e. The summed E-state index contributed by atoms with van der Waals surface area (Å²) in [5.74, 6) is -0.315. The summed E-state index contributed by atoms with van der Waals surface area (Å²) in [4.78, 5) is 0. The number of aliphatic hydroxyl groups excluding tert-OH is 1. The highest BCUT2D eigenvalue weighted by atomic mass is 35.5. The highest BCUT2D eigenvalue weighted by molar-refractivity contribution is 6.31. The van der Waals surface area contributed by atoms with Crippen molar-refractivity contribution in [1.82, 2.24) is 0 Å². The highest BCUT2D eigenvalue weighted by Crippen LogP contribution is 2.46. The zero-order valence-corrected chi connectivity index (χ0v) is 16.9. The van der Waals surface area contributed by atoms with E-state index in [1.165, 1.54) is 11.1 Å². The molecule has 1 fully saturated rings. The Labute approximate surface area is 166 Å². The van der Waals surface area contributed by atoms with Crippen LogP contribution in [-0.2, 0) is 28.3 Å². The van der Waals surface area contributed by atoms with Gasteiger partial charge in [0.1, 0.15) is 0 Å². The number of halogens is 1. The summed E-state index contributed by atoms with van der Waals surface area (Å²) >= 11 is 6.58. The zero-order chi connectivity index (χ0) is 19.2. The van der Waals surface area contributed by atoms with Gasteiger partial charge in [0.05, 0.1) is 18.8 Å². The maximum atomic E-state index is 10.3. The van der Waals surface area contributed by atoms with Gasteiger partial charge in [-0.1, -0.05) is 49.7 Å². The van der Waals surface area contributed by atoms with Crippen LogP contribution in [0.15, 0.2) is 36.4 Å². The van der Waals surface area contributed by atoms with E-state index in [9.17, 15) is 5.11 Å². The lowest BCUT2D eigenvalue weighted by atomic mass is 9.90. The predicted octanol–water partition coefficient (Wildman–Crippen LogP) is 5.30. The van der Waals surface area contributed by atoms with Crippen molar-refractivity contribution < 1.29 is 14.6 Å². The average molecular weight is 387 g/mol. The second-order valence-electron chi connectivity index (χ2n) is 8.24. The Hall–Kier alpha value is -1.39. The van der Waals surface area contributed by atoms with Gasteiger partial charge in [-0.2, -0.15) is 0 Å². The minimum absolute atomic E-state index is 0.0394. The van der Waals surface area contributed by atoms with Gasteiger partial charge in [-0.3, -0.25) is 0 Å². The topological polar surface area (TPSA) is 38.7 Å². The summed E-state index contributed by atoms with van der Waals surface area (Å²) in [6.07, 6.45) is 1.42. The van der Waals surface area contributed by atoms with Crippen LogP contribution in [0.1, 0.15) is 67.3 Å². The fraction of sp³-hybridized carbons (Fsp3) is 0.478. The van der Waals surface area contributed by atoms with E-state index in [1.54, 1.807) is 0 Å². The van der Waals surface area contributed by atoms with Crippen molar-refractivity contribution in [2.75, 3.05) is 0 Å². The first kappa shape index (κ1) is 18.9. The van der Waals surface area contributed by atoms with E-state index in [0.29, 0.717) is 25.4 Å². The van der Waals surface area contributed by atoms with Crippen LogP contribution >= 0.6 is 11.6 Å². The monoisotopic (exact) mass is 386 g/mol. The lowest BCUT2D eigenvalue weighted by Gasteiger charge is -2.39. The smallest absolute Gasteiger partial charge is 0.198 e. The molecule has 0 bridgehead atoms. The number of hydrogen-bond acceptors (Lipinski definition) is 3. The molecule has 3 atom stereocenters. The number of hydrogen-bond donors (Lipinski definition) is 1. The Morgan fingerprint density at radius 3 is 2.63 bits per heavy atom. The van der Waals surface area contributed by atoms with Crippen LogP contribution in [0.2, 0.25) is 5.02 Å². The second kappa shape index (κ2) is 7.21. The van der Waals surface area contributed by atoms with Crippen molar-refractivity contribution in [2.45, 2.75) is 70.6 Å². The van der Waals surface area contributed by atoms with Crippen molar-refractivity contribution in [1.29, 1.82) is 0 Å². The standard InChI is InChI=1S/C23H27ClO3/c1-14(2)17-6-4-16(5-7-17)9-18-10-21-19(11-22(18)24)13-26-23(21)12-20(25)8-15(3)27-23/h4-7,10-11,14-15,20,25H,8-9,12-13H2,1-3H3/t15?,20?,23-/m1/s1. The van der Waals surface area contributed by atoms with Gasteiger partial charge in [-0.15, -0.1) is 0 Å². The highest BCUT2D eigenvalue weighted by Gasteiger charge is 2.47. The second-order valence-corrected chi connectivity index (χ2v) is 8.64. The van der Waals surface area contributed by atoms with Crippen LogP contribution < -0.4 is 0 Å². The Kier molecular flexibility index (Phi) is 5.06. The third-order valence-electron chi connectivity index (χ3n) is 5.68. The van der Waals surface area contributed by atoms with Crippen LogP contribution in [0.4, 0.5) is 0 Å².